The van der Waals surface area contributed by atoms with E-state index in [9.17, 15) is 8.42 Å². The van der Waals surface area contributed by atoms with E-state index >= 15 is 0 Å². The third kappa shape index (κ3) is 4.74. The Labute approximate surface area is 158 Å². The normalized spacial score (nSPS) is 12.7. The van der Waals surface area contributed by atoms with Gasteiger partial charge < -0.3 is 0 Å². The van der Waals surface area contributed by atoms with Crippen LogP contribution in [0.5, 0.6) is 0 Å². The summed E-state index contributed by atoms with van der Waals surface area (Å²) in [7, 11) is -3.56. The van der Waals surface area contributed by atoms with Crippen LogP contribution in [0.25, 0.3) is 0 Å². The van der Waals surface area contributed by atoms with Crippen molar-refractivity contribution >= 4 is 10.0 Å². The molecule has 0 bridgehead atoms. The zero-order valence-electron chi connectivity index (χ0n) is 16.6. The molecule has 144 valence electrons. The van der Waals surface area contributed by atoms with Crippen LogP contribution in [0, 0.1) is 0 Å². The van der Waals surface area contributed by atoms with Crippen molar-refractivity contribution in [1.29, 1.82) is 0 Å². The summed E-state index contributed by atoms with van der Waals surface area (Å²) < 4.78 is 29.9. The number of hydrogen-bond acceptors (Lipinski definition) is 3. The highest BCUT2D eigenvalue weighted by atomic mass is 32.2. The SMILES string of the molecule is CCCCN(CC)S(=O)(=O)c1cn(Cc2ccccc2)nc1C(C)(C)C. The Morgan fingerprint density at radius 1 is 1.12 bits per heavy atom. The lowest BCUT2D eigenvalue weighted by Gasteiger charge is -2.23. The van der Waals surface area contributed by atoms with Crippen molar-refractivity contribution in [1.82, 2.24) is 14.1 Å². The molecule has 1 heterocycles. The minimum Gasteiger partial charge on any atom is -0.267 e. The molecule has 0 spiro atoms. The molecule has 0 fully saturated rings. The Balaban J connectivity index is 2.45. The number of sulfonamides is 1. The van der Waals surface area contributed by atoms with E-state index in [2.05, 4.69) is 12.0 Å². The van der Waals surface area contributed by atoms with Crippen molar-refractivity contribution in [2.24, 2.45) is 0 Å². The zero-order valence-corrected chi connectivity index (χ0v) is 17.4. The van der Waals surface area contributed by atoms with E-state index in [0.717, 1.165) is 18.4 Å². The first-order valence-electron chi connectivity index (χ1n) is 9.32. The van der Waals surface area contributed by atoms with Gasteiger partial charge in [-0.15, -0.1) is 0 Å². The summed E-state index contributed by atoms with van der Waals surface area (Å²) in [4.78, 5) is 0.332. The number of unbranched alkanes of at least 4 members (excludes halogenated alkanes) is 1. The van der Waals surface area contributed by atoms with Crippen LogP contribution in [0.3, 0.4) is 0 Å². The Morgan fingerprint density at radius 3 is 2.31 bits per heavy atom. The van der Waals surface area contributed by atoms with E-state index < -0.39 is 10.0 Å². The lowest BCUT2D eigenvalue weighted by molar-refractivity contribution is 0.416. The molecule has 0 aliphatic carbocycles. The Hall–Kier alpha value is -1.66. The predicted molar refractivity (Wildman–Crippen MR) is 106 cm³/mol. The molecule has 2 aromatic rings. The predicted octanol–water partition coefficient (Wildman–Crippen LogP) is 4.04. The number of rotatable bonds is 8. The summed E-state index contributed by atoms with van der Waals surface area (Å²) in [5.41, 5.74) is 1.37. The Bertz CT molecular complexity index is 805. The molecule has 0 radical (unpaired) electrons. The average molecular weight is 378 g/mol. The maximum Gasteiger partial charge on any atom is 0.246 e. The molecule has 1 aromatic carbocycles. The monoisotopic (exact) mass is 377 g/mol. The van der Waals surface area contributed by atoms with Crippen molar-refractivity contribution in [3.8, 4) is 0 Å². The first kappa shape index (κ1) is 20.6. The van der Waals surface area contributed by atoms with Gasteiger partial charge in [-0.05, 0) is 12.0 Å². The van der Waals surface area contributed by atoms with Crippen molar-refractivity contribution in [2.75, 3.05) is 13.1 Å². The van der Waals surface area contributed by atoms with Crippen LogP contribution in [0.4, 0.5) is 0 Å². The average Bonchev–Trinajstić information content (AvgIpc) is 3.01. The molecule has 0 aliphatic rings. The topological polar surface area (TPSA) is 55.2 Å². The van der Waals surface area contributed by atoms with Gasteiger partial charge in [-0.3, -0.25) is 4.68 Å². The van der Waals surface area contributed by atoms with Gasteiger partial charge in [0, 0.05) is 24.7 Å². The molecule has 0 aliphatic heterocycles. The van der Waals surface area contributed by atoms with Crippen LogP contribution in [0.15, 0.2) is 41.4 Å². The highest BCUT2D eigenvalue weighted by molar-refractivity contribution is 7.89. The largest absolute Gasteiger partial charge is 0.267 e. The lowest BCUT2D eigenvalue weighted by Crippen LogP contribution is -2.33. The standard InChI is InChI=1S/C20H31N3O2S/c1-6-8-14-23(7-2)26(24,25)18-16-22(21-19(18)20(3,4)5)15-17-12-10-9-11-13-17/h9-13,16H,6-8,14-15H2,1-5H3. The summed E-state index contributed by atoms with van der Waals surface area (Å²) >= 11 is 0. The second kappa shape index (κ2) is 8.35. The fraction of sp³-hybridized carbons (Fsp3) is 0.550. The molecule has 0 atom stereocenters. The zero-order chi connectivity index (χ0) is 19.4. The van der Waals surface area contributed by atoms with Gasteiger partial charge in [-0.1, -0.05) is 71.4 Å². The molecular weight excluding hydrogens is 346 g/mol. The van der Waals surface area contributed by atoms with Crippen molar-refractivity contribution in [2.45, 2.75) is 64.3 Å². The van der Waals surface area contributed by atoms with Crippen molar-refractivity contribution < 1.29 is 8.42 Å². The van der Waals surface area contributed by atoms with E-state index in [1.165, 1.54) is 0 Å². The Morgan fingerprint density at radius 2 is 1.77 bits per heavy atom. The molecule has 0 saturated heterocycles. The van der Waals surface area contributed by atoms with Crippen molar-refractivity contribution in [3.05, 3.63) is 47.8 Å². The third-order valence-corrected chi connectivity index (χ3v) is 6.33. The van der Waals surface area contributed by atoms with Gasteiger partial charge in [-0.25, -0.2) is 8.42 Å². The second-order valence-corrected chi connectivity index (χ2v) is 9.53. The van der Waals surface area contributed by atoms with E-state index in [0.29, 0.717) is 30.2 Å². The number of aromatic nitrogens is 2. The summed E-state index contributed by atoms with van der Waals surface area (Å²) in [6.45, 7) is 11.5. The van der Waals surface area contributed by atoms with E-state index in [1.807, 2.05) is 58.0 Å². The van der Waals surface area contributed by atoms with Gasteiger partial charge in [0.1, 0.15) is 4.90 Å². The molecular formula is C20H31N3O2S. The highest BCUT2D eigenvalue weighted by Gasteiger charge is 2.33. The third-order valence-electron chi connectivity index (χ3n) is 4.36. The van der Waals surface area contributed by atoms with Gasteiger partial charge >= 0.3 is 0 Å². The summed E-state index contributed by atoms with van der Waals surface area (Å²) in [5, 5.41) is 4.65. The lowest BCUT2D eigenvalue weighted by atomic mass is 9.92. The fourth-order valence-electron chi connectivity index (χ4n) is 2.88. The minimum atomic E-state index is -3.56. The van der Waals surface area contributed by atoms with Crippen LogP contribution >= 0.6 is 0 Å². The molecule has 0 saturated carbocycles. The minimum absolute atomic E-state index is 0.332. The summed E-state index contributed by atoms with van der Waals surface area (Å²) in [6.07, 6.45) is 3.51. The number of benzene rings is 1. The molecule has 6 heteroatoms. The van der Waals surface area contributed by atoms with Crippen LogP contribution in [-0.4, -0.2) is 35.6 Å². The maximum absolute atomic E-state index is 13.3. The van der Waals surface area contributed by atoms with Gasteiger partial charge in [0.2, 0.25) is 10.0 Å². The first-order chi connectivity index (χ1) is 12.2. The van der Waals surface area contributed by atoms with Crippen LogP contribution in [0.1, 0.15) is 58.7 Å². The Kier molecular flexibility index (Phi) is 6.64. The van der Waals surface area contributed by atoms with Gasteiger partial charge in [-0.2, -0.15) is 9.40 Å². The van der Waals surface area contributed by atoms with Gasteiger partial charge in [0.15, 0.2) is 0 Å². The smallest absolute Gasteiger partial charge is 0.246 e. The van der Waals surface area contributed by atoms with Crippen LogP contribution in [0.2, 0.25) is 0 Å². The van der Waals surface area contributed by atoms with E-state index in [1.54, 1.807) is 15.2 Å². The number of nitrogens with zero attached hydrogens (tertiary/aromatic N) is 3. The molecule has 2 rings (SSSR count). The summed E-state index contributed by atoms with van der Waals surface area (Å²) in [6, 6.07) is 9.96. The fourth-order valence-corrected chi connectivity index (χ4v) is 4.72. The quantitative estimate of drug-likeness (QED) is 0.698. The molecule has 0 unspecified atom stereocenters. The van der Waals surface area contributed by atoms with Crippen molar-refractivity contribution in [3.63, 3.8) is 0 Å². The van der Waals surface area contributed by atoms with E-state index in [-0.39, 0.29) is 5.41 Å². The first-order valence-corrected chi connectivity index (χ1v) is 10.8. The van der Waals surface area contributed by atoms with E-state index in [4.69, 9.17) is 0 Å². The van der Waals surface area contributed by atoms with Gasteiger partial charge in [0.05, 0.1) is 12.2 Å². The maximum atomic E-state index is 13.3. The second-order valence-electron chi connectivity index (χ2n) is 7.63. The summed E-state index contributed by atoms with van der Waals surface area (Å²) in [5.74, 6) is 0. The van der Waals surface area contributed by atoms with Gasteiger partial charge in [0.25, 0.3) is 0 Å². The number of hydrogen-bond donors (Lipinski definition) is 0. The molecule has 1 aromatic heterocycles. The molecule has 26 heavy (non-hydrogen) atoms. The molecule has 5 nitrogen and oxygen atoms in total. The molecule has 0 amide bonds. The molecule has 0 N–H and O–H groups in total. The van der Waals surface area contributed by atoms with Crippen LogP contribution in [-0.2, 0) is 22.0 Å². The van der Waals surface area contributed by atoms with Crippen LogP contribution < -0.4 is 0 Å². The highest BCUT2D eigenvalue weighted by Crippen LogP contribution is 2.30.